The second kappa shape index (κ2) is 10.4. The molecule has 6 rings (SSSR count). The first-order valence-electron chi connectivity index (χ1n) is 12.4. The Bertz CT molecular complexity index is 1680. The molecule has 11 heteroatoms. The second-order valence-electron chi connectivity index (χ2n) is 9.27. The van der Waals surface area contributed by atoms with Gasteiger partial charge in [0.1, 0.15) is 16.9 Å². The summed E-state index contributed by atoms with van der Waals surface area (Å²) in [4.78, 5) is 31.5. The van der Waals surface area contributed by atoms with Gasteiger partial charge < -0.3 is 15.1 Å². The summed E-state index contributed by atoms with van der Waals surface area (Å²) >= 11 is 6.27. The van der Waals surface area contributed by atoms with Gasteiger partial charge >= 0.3 is 0 Å². The molecule has 196 valence electrons. The smallest absolute Gasteiger partial charge is 0.282 e. The van der Waals surface area contributed by atoms with Crippen LogP contribution in [0.1, 0.15) is 0 Å². The van der Waals surface area contributed by atoms with Crippen molar-refractivity contribution >= 4 is 39.8 Å². The molecule has 4 heterocycles. The third-order valence-electron chi connectivity index (χ3n) is 6.68. The average molecular weight is 543 g/mol. The van der Waals surface area contributed by atoms with Crippen LogP contribution in [0, 0.1) is 5.82 Å². The molecule has 0 unspecified atom stereocenters. The Morgan fingerprint density at radius 2 is 1.74 bits per heavy atom. The molecule has 1 aliphatic rings. The molecule has 3 aromatic heterocycles. The number of nitrogens with one attached hydrogen (secondary N) is 1. The Balaban J connectivity index is 1.40. The fourth-order valence-corrected chi connectivity index (χ4v) is 4.80. The zero-order chi connectivity index (χ0) is 26.9. The fourth-order valence-electron chi connectivity index (χ4n) is 4.55. The summed E-state index contributed by atoms with van der Waals surface area (Å²) < 4.78 is 15.7. The highest BCUT2D eigenvalue weighted by atomic mass is 35.5. The normalized spacial score (nSPS) is 14.1. The summed E-state index contributed by atoms with van der Waals surface area (Å²) in [7, 11) is 2.13. The third kappa shape index (κ3) is 4.91. The van der Waals surface area contributed by atoms with Gasteiger partial charge in [0.25, 0.3) is 5.56 Å². The average Bonchev–Trinajstić information content (AvgIpc) is 2.95. The van der Waals surface area contributed by atoms with Gasteiger partial charge in [-0.05, 0) is 55.6 Å². The van der Waals surface area contributed by atoms with Crippen molar-refractivity contribution in [2.24, 2.45) is 0 Å². The monoisotopic (exact) mass is 542 g/mol. The minimum Gasteiger partial charge on any atom is -0.369 e. The molecular formula is C28H24ClFN8O. The lowest BCUT2D eigenvalue weighted by Crippen LogP contribution is -2.44. The largest absolute Gasteiger partial charge is 0.369 e. The van der Waals surface area contributed by atoms with E-state index >= 15 is 0 Å². The van der Waals surface area contributed by atoms with Crippen LogP contribution in [0.4, 0.5) is 21.7 Å². The molecular weight excluding hydrogens is 519 g/mol. The number of hydrogen-bond acceptors (Lipinski definition) is 8. The lowest BCUT2D eigenvalue weighted by atomic mass is 10.2. The van der Waals surface area contributed by atoms with Gasteiger partial charge in [0.05, 0.1) is 16.1 Å². The summed E-state index contributed by atoms with van der Waals surface area (Å²) in [6.07, 6.45) is 3.02. The highest BCUT2D eigenvalue weighted by Crippen LogP contribution is 2.27. The number of pyridine rings is 1. The van der Waals surface area contributed by atoms with Crippen LogP contribution >= 0.6 is 11.6 Å². The van der Waals surface area contributed by atoms with Crippen molar-refractivity contribution in [3.8, 4) is 17.1 Å². The molecule has 0 amide bonds. The van der Waals surface area contributed by atoms with E-state index in [9.17, 15) is 9.18 Å². The molecule has 0 aliphatic carbocycles. The predicted octanol–water partition coefficient (Wildman–Crippen LogP) is 4.53. The number of piperazine rings is 1. The zero-order valence-electron chi connectivity index (χ0n) is 21.1. The van der Waals surface area contributed by atoms with E-state index in [0.29, 0.717) is 11.4 Å². The van der Waals surface area contributed by atoms with Gasteiger partial charge in [0, 0.05) is 49.9 Å². The maximum atomic E-state index is 14.8. The number of anilines is 3. The maximum Gasteiger partial charge on any atom is 0.282 e. The van der Waals surface area contributed by atoms with Crippen LogP contribution in [0.15, 0.2) is 77.9 Å². The Morgan fingerprint density at radius 1 is 0.949 bits per heavy atom. The standard InChI is InChI=1S/C28H24ClFN8O/c1-36-13-15-37(16-14-36)19-10-8-18(9-11-19)33-28-32-17-20-24(34-28)25(23-7-2-3-12-31-23)35-38(27(20)39)26-21(29)5-4-6-22(26)30/h2-12,17H,13-16H2,1H3,(H,32,33,34). The van der Waals surface area contributed by atoms with Crippen molar-refractivity contribution < 1.29 is 4.39 Å². The second-order valence-corrected chi connectivity index (χ2v) is 9.68. The van der Waals surface area contributed by atoms with Gasteiger partial charge in [-0.3, -0.25) is 9.78 Å². The SMILES string of the molecule is CN1CCN(c2ccc(Nc3ncc4c(=O)n(-c5c(F)cccc5Cl)nc(-c5ccccn5)c4n3)cc2)CC1. The van der Waals surface area contributed by atoms with E-state index < -0.39 is 11.4 Å². The molecule has 0 atom stereocenters. The Kier molecular flexibility index (Phi) is 6.64. The number of nitrogens with zero attached hydrogens (tertiary/aromatic N) is 7. The number of hydrogen-bond donors (Lipinski definition) is 1. The lowest BCUT2D eigenvalue weighted by Gasteiger charge is -2.34. The summed E-state index contributed by atoms with van der Waals surface area (Å²) in [5.74, 6) is -0.391. The Labute approximate surface area is 228 Å². The predicted molar refractivity (Wildman–Crippen MR) is 151 cm³/mol. The van der Waals surface area contributed by atoms with Gasteiger partial charge in [-0.15, -0.1) is 0 Å². The van der Waals surface area contributed by atoms with Crippen molar-refractivity contribution in [2.45, 2.75) is 0 Å². The molecule has 9 nitrogen and oxygen atoms in total. The van der Waals surface area contributed by atoms with Gasteiger partial charge in [0.15, 0.2) is 5.82 Å². The molecule has 0 bridgehead atoms. The molecule has 1 N–H and O–H groups in total. The molecule has 1 fully saturated rings. The maximum absolute atomic E-state index is 14.8. The van der Waals surface area contributed by atoms with Crippen molar-refractivity contribution in [2.75, 3.05) is 43.4 Å². The fraction of sp³-hybridized carbons (Fsp3) is 0.179. The summed E-state index contributed by atoms with van der Waals surface area (Å²) in [6.45, 7) is 4.02. The molecule has 1 saturated heterocycles. The number of aromatic nitrogens is 5. The van der Waals surface area contributed by atoms with E-state index in [0.717, 1.165) is 42.2 Å². The molecule has 1 aliphatic heterocycles. The molecule has 5 aromatic rings. The molecule has 39 heavy (non-hydrogen) atoms. The van der Waals surface area contributed by atoms with Gasteiger partial charge in [-0.25, -0.2) is 14.4 Å². The molecule has 0 saturated carbocycles. The van der Waals surface area contributed by atoms with Gasteiger partial charge in [-0.1, -0.05) is 23.7 Å². The van der Waals surface area contributed by atoms with E-state index in [2.05, 4.69) is 54.3 Å². The highest BCUT2D eigenvalue weighted by Gasteiger charge is 2.20. The molecule has 2 aromatic carbocycles. The summed E-state index contributed by atoms with van der Waals surface area (Å²) in [6, 6.07) is 17.5. The van der Waals surface area contributed by atoms with E-state index in [4.69, 9.17) is 11.6 Å². The number of benzene rings is 2. The first kappa shape index (κ1) is 24.9. The number of fused-ring (bicyclic) bond motifs is 1. The lowest BCUT2D eigenvalue weighted by molar-refractivity contribution is 0.313. The van der Waals surface area contributed by atoms with Crippen molar-refractivity contribution in [1.29, 1.82) is 0 Å². The Morgan fingerprint density at radius 3 is 2.46 bits per heavy atom. The van der Waals surface area contributed by atoms with Gasteiger partial charge in [0.2, 0.25) is 5.95 Å². The van der Waals surface area contributed by atoms with Crippen LogP contribution in [0.3, 0.4) is 0 Å². The van der Waals surface area contributed by atoms with Crippen molar-refractivity contribution in [3.63, 3.8) is 0 Å². The quantitative estimate of drug-likeness (QED) is 0.346. The topological polar surface area (TPSA) is 92.1 Å². The third-order valence-corrected chi connectivity index (χ3v) is 6.99. The van der Waals surface area contributed by atoms with E-state index in [1.165, 1.54) is 24.4 Å². The van der Waals surface area contributed by atoms with E-state index in [1.807, 2.05) is 12.1 Å². The summed E-state index contributed by atoms with van der Waals surface area (Å²) in [5.41, 5.74) is 2.25. The minimum atomic E-state index is -0.678. The van der Waals surface area contributed by atoms with Crippen molar-refractivity contribution in [1.82, 2.24) is 29.6 Å². The number of rotatable bonds is 5. The van der Waals surface area contributed by atoms with Crippen LogP contribution in [-0.2, 0) is 0 Å². The van der Waals surface area contributed by atoms with E-state index in [-0.39, 0.29) is 27.6 Å². The Hall–Kier alpha value is -4.41. The number of para-hydroxylation sites is 1. The van der Waals surface area contributed by atoms with Crippen LogP contribution in [0.2, 0.25) is 5.02 Å². The molecule has 0 radical (unpaired) electrons. The van der Waals surface area contributed by atoms with Crippen LogP contribution in [-0.4, -0.2) is 62.9 Å². The van der Waals surface area contributed by atoms with Crippen LogP contribution in [0.5, 0.6) is 0 Å². The van der Waals surface area contributed by atoms with Crippen molar-refractivity contribution in [3.05, 3.63) is 94.3 Å². The first-order valence-corrected chi connectivity index (χ1v) is 12.8. The van der Waals surface area contributed by atoms with Crippen LogP contribution < -0.4 is 15.8 Å². The zero-order valence-corrected chi connectivity index (χ0v) is 21.8. The molecule has 0 spiro atoms. The van der Waals surface area contributed by atoms with E-state index in [1.54, 1.807) is 24.4 Å². The minimum absolute atomic E-state index is 0.0511. The summed E-state index contributed by atoms with van der Waals surface area (Å²) in [5, 5.41) is 7.88. The highest BCUT2D eigenvalue weighted by molar-refractivity contribution is 6.32. The van der Waals surface area contributed by atoms with Gasteiger partial charge in [-0.2, -0.15) is 9.78 Å². The van der Waals surface area contributed by atoms with Crippen LogP contribution in [0.25, 0.3) is 28.0 Å². The number of likely N-dealkylation sites (N-methyl/N-ethyl adjacent to an activating group) is 1. The first-order chi connectivity index (χ1) is 19.0. The number of halogens is 2.